The quantitative estimate of drug-likeness (QED) is 0.920. The molecule has 1 aromatic carbocycles. The fourth-order valence-electron chi connectivity index (χ4n) is 1.91. The number of rotatable bonds is 3. The Morgan fingerprint density at radius 1 is 1.33 bits per heavy atom. The van der Waals surface area contributed by atoms with Gasteiger partial charge in [0, 0.05) is 6.04 Å². The van der Waals surface area contributed by atoms with Gasteiger partial charge in [0.2, 0.25) is 0 Å². The van der Waals surface area contributed by atoms with Crippen molar-refractivity contribution in [3.8, 4) is 5.75 Å². The fourth-order valence-corrected chi connectivity index (χ4v) is 1.91. The van der Waals surface area contributed by atoms with E-state index in [1.807, 2.05) is 0 Å². The van der Waals surface area contributed by atoms with Gasteiger partial charge in [-0.15, -0.1) is 12.4 Å². The van der Waals surface area contributed by atoms with Gasteiger partial charge in [-0.25, -0.2) is 0 Å². The maximum Gasteiger partial charge on any atom is 0.416 e. The van der Waals surface area contributed by atoms with Crippen molar-refractivity contribution in [2.75, 3.05) is 7.11 Å². The molecule has 0 unspecified atom stereocenters. The molecule has 1 saturated carbocycles. The molecule has 2 rings (SSSR count). The maximum atomic E-state index is 12.9. The van der Waals surface area contributed by atoms with Crippen LogP contribution in [0.3, 0.4) is 0 Å². The molecular formula is C12H15ClF3NO. The topological polar surface area (TPSA) is 35.2 Å². The number of nitrogens with two attached hydrogens (primary N) is 1. The number of hydrogen-bond donors (Lipinski definition) is 1. The van der Waals surface area contributed by atoms with Crippen LogP contribution in [0, 0.1) is 5.92 Å². The normalized spacial score (nSPS) is 16.9. The average Bonchev–Trinajstić information content (AvgIpc) is 3.10. The van der Waals surface area contributed by atoms with Crippen LogP contribution in [0.1, 0.15) is 30.0 Å². The van der Waals surface area contributed by atoms with Crippen LogP contribution < -0.4 is 10.5 Å². The molecule has 2 N–H and O–H groups in total. The van der Waals surface area contributed by atoms with Crippen molar-refractivity contribution in [1.29, 1.82) is 0 Å². The Morgan fingerprint density at radius 2 is 1.94 bits per heavy atom. The van der Waals surface area contributed by atoms with Gasteiger partial charge in [0.25, 0.3) is 0 Å². The second-order valence-electron chi connectivity index (χ2n) is 4.31. The third kappa shape index (κ3) is 3.09. The first-order valence-corrected chi connectivity index (χ1v) is 5.44. The molecule has 102 valence electrons. The van der Waals surface area contributed by atoms with Gasteiger partial charge < -0.3 is 10.5 Å². The summed E-state index contributed by atoms with van der Waals surface area (Å²) in [6.07, 6.45) is -2.58. The molecule has 0 radical (unpaired) electrons. The molecule has 0 aromatic heterocycles. The highest BCUT2D eigenvalue weighted by molar-refractivity contribution is 5.85. The first-order chi connectivity index (χ1) is 7.93. The van der Waals surface area contributed by atoms with E-state index in [1.165, 1.54) is 19.2 Å². The summed E-state index contributed by atoms with van der Waals surface area (Å²) in [5.74, 6) is 0.383. The summed E-state index contributed by atoms with van der Waals surface area (Å²) in [6.45, 7) is 0. The van der Waals surface area contributed by atoms with Crippen LogP contribution in [0.15, 0.2) is 18.2 Å². The molecule has 2 nitrogen and oxygen atoms in total. The van der Waals surface area contributed by atoms with E-state index in [-0.39, 0.29) is 29.6 Å². The van der Waals surface area contributed by atoms with Crippen molar-refractivity contribution >= 4 is 12.4 Å². The zero-order valence-corrected chi connectivity index (χ0v) is 10.6. The van der Waals surface area contributed by atoms with E-state index in [9.17, 15) is 13.2 Å². The van der Waals surface area contributed by atoms with Gasteiger partial charge in [-0.3, -0.25) is 0 Å². The SMILES string of the molecule is COc1ccc([C@H](N)C2CC2)c(C(F)(F)F)c1.Cl. The standard InChI is InChI=1S/C12H14F3NO.ClH/c1-17-8-4-5-9(11(16)7-2-3-7)10(6-8)12(13,14)15;/h4-7,11H,2-3,16H2,1H3;1H/t11-;/m1./s1. The molecule has 1 aliphatic carbocycles. The molecule has 0 heterocycles. The van der Waals surface area contributed by atoms with E-state index in [2.05, 4.69) is 0 Å². The van der Waals surface area contributed by atoms with E-state index in [1.54, 1.807) is 0 Å². The van der Waals surface area contributed by atoms with E-state index in [4.69, 9.17) is 10.5 Å². The molecule has 1 fully saturated rings. The Balaban J connectivity index is 0.00000162. The van der Waals surface area contributed by atoms with Gasteiger partial charge >= 0.3 is 6.18 Å². The van der Waals surface area contributed by atoms with Crippen LogP contribution in [0.5, 0.6) is 5.75 Å². The highest BCUT2D eigenvalue weighted by Gasteiger charge is 2.38. The largest absolute Gasteiger partial charge is 0.497 e. The zero-order valence-electron chi connectivity index (χ0n) is 9.83. The van der Waals surface area contributed by atoms with Gasteiger partial charge in [0.1, 0.15) is 5.75 Å². The van der Waals surface area contributed by atoms with Crippen LogP contribution >= 0.6 is 12.4 Å². The molecule has 18 heavy (non-hydrogen) atoms. The first kappa shape index (κ1) is 15.1. The predicted molar refractivity (Wildman–Crippen MR) is 64.9 cm³/mol. The molecule has 0 spiro atoms. The highest BCUT2D eigenvalue weighted by Crippen LogP contribution is 2.44. The number of methoxy groups -OCH3 is 1. The van der Waals surface area contributed by atoms with Gasteiger partial charge in [0.15, 0.2) is 0 Å². The Labute approximate surface area is 110 Å². The summed E-state index contributed by atoms with van der Waals surface area (Å²) in [5, 5.41) is 0. The van der Waals surface area contributed by atoms with Crippen molar-refractivity contribution in [3.63, 3.8) is 0 Å². The molecule has 1 aromatic rings. The molecular weight excluding hydrogens is 267 g/mol. The van der Waals surface area contributed by atoms with Crippen molar-refractivity contribution in [1.82, 2.24) is 0 Å². The van der Waals surface area contributed by atoms with Crippen molar-refractivity contribution in [2.45, 2.75) is 25.1 Å². The van der Waals surface area contributed by atoms with Gasteiger partial charge in [-0.05, 0) is 36.5 Å². The fraction of sp³-hybridized carbons (Fsp3) is 0.500. The number of alkyl halides is 3. The second-order valence-corrected chi connectivity index (χ2v) is 4.31. The molecule has 6 heteroatoms. The Kier molecular flexibility index (Phi) is 4.50. The lowest BCUT2D eigenvalue weighted by Gasteiger charge is -2.18. The average molecular weight is 282 g/mol. The minimum absolute atomic E-state index is 0. The van der Waals surface area contributed by atoms with Crippen LogP contribution in [0.25, 0.3) is 0 Å². The highest BCUT2D eigenvalue weighted by atomic mass is 35.5. The molecule has 0 aliphatic heterocycles. The van der Waals surface area contributed by atoms with Gasteiger partial charge in [-0.2, -0.15) is 13.2 Å². The molecule has 1 aliphatic rings. The Morgan fingerprint density at radius 3 is 2.39 bits per heavy atom. The lowest BCUT2D eigenvalue weighted by atomic mass is 9.97. The third-order valence-electron chi connectivity index (χ3n) is 3.05. The monoisotopic (exact) mass is 281 g/mol. The first-order valence-electron chi connectivity index (χ1n) is 5.44. The van der Waals surface area contributed by atoms with Crippen LogP contribution in [-0.4, -0.2) is 7.11 Å². The number of halogens is 4. The molecule has 0 saturated heterocycles. The van der Waals surface area contributed by atoms with Crippen LogP contribution in [0.2, 0.25) is 0 Å². The molecule has 0 amide bonds. The minimum atomic E-state index is -4.39. The second kappa shape index (κ2) is 5.36. The smallest absolute Gasteiger partial charge is 0.416 e. The van der Waals surface area contributed by atoms with Crippen molar-refractivity contribution in [3.05, 3.63) is 29.3 Å². The van der Waals surface area contributed by atoms with E-state index in [0.29, 0.717) is 0 Å². The number of hydrogen-bond acceptors (Lipinski definition) is 2. The van der Waals surface area contributed by atoms with Crippen molar-refractivity contribution in [2.24, 2.45) is 11.7 Å². The van der Waals surface area contributed by atoms with Gasteiger partial charge in [-0.1, -0.05) is 6.07 Å². The summed E-state index contributed by atoms with van der Waals surface area (Å²) in [4.78, 5) is 0. The maximum absolute atomic E-state index is 12.9. The number of ether oxygens (including phenoxy) is 1. The predicted octanol–water partition coefficient (Wildman–Crippen LogP) is 3.55. The summed E-state index contributed by atoms with van der Waals surface area (Å²) in [5.41, 5.74) is 5.33. The third-order valence-corrected chi connectivity index (χ3v) is 3.05. The number of benzene rings is 1. The Bertz CT molecular complexity index is 418. The molecule has 1 atom stereocenters. The summed E-state index contributed by atoms with van der Waals surface area (Å²) in [6, 6.07) is 3.42. The summed E-state index contributed by atoms with van der Waals surface area (Å²) >= 11 is 0. The lowest BCUT2D eigenvalue weighted by molar-refractivity contribution is -0.138. The summed E-state index contributed by atoms with van der Waals surface area (Å²) < 4.78 is 43.5. The van der Waals surface area contributed by atoms with E-state index in [0.717, 1.165) is 18.9 Å². The van der Waals surface area contributed by atoms with Crippen LogP contribution in [-0.2, 0) is 6.18 Å². The minimum Gasteiger partial charge on any atom is -0.497 e. The summed E-state index contributed by atoms with van der Waals surface area (Å²) in [7, 11) is 1.34. The zero-order chi connectivity index (χ0) is 12.6. The van der Waals surface area contributed by atoms with Crippen molar-refractivity contribution < 1.29 is 17.9 Å². The Hall–Kier alpha value is -0.940. The molecule has 0 bridgehead atoms. The van der Waals surface area contributed by atoms with Crippen LogP contribution in [0.4, 0.5) is 13.2 Å². The van der Waals surface area contributed by atoms with E-state index < -0.39 is 17.8 Å². The lowest BCUT2D eigenvalue weighted by Crippen LogP contribution is -2.19. The van der Waals surface area contributed by atoms with E-state index >= 15 is 0 Å². The van der Waals surface area contributed by atoms with Gasteiger partial charge in [0.05, 0.1) is 12.7 Å².